The smallest absolute Gasteiger partial charge is 0.328 e. The van der Waals surface area contributed by atoms with Gasteiger partial charge in [-0.25, -0.2) is 4.79 Å². The summed E-state index contributed by atoms with van der Waals surface area (Å²) in [5, 5.41) is 9.65. The summed E-state index contributed by atoms with van der Waals surface area (Å²) in [5.41, 5.74) is 0.416. The summed E-state index contributed by atoms with van der Waals surface area (Å²) in [6, 6.07) is 6.25. The highest BCUT2D eigenvalue weighted by Crippen LogP contribution is 2.22. The molecule has 3 rings (SSSR count). The standard InChI is InChI=1S/C13H9N3O4S/c14-13-15(5-6-21-13)7-10(17)20-16-11(18)8-3-1-2-4-9(8)12(16)19/h1-6,14H,7H2. The molecule has 2 amide bonds. The van der Waals surface area contributed by atoms with Gasteiger partial charge in [0.2, 0.25) is 0 Å². The highest BCUT2D eigenvalue weighted by Gasteiger charge is 2.38. The minimum Gasteiger partial charge on any atom is -0.328 e. The summed E-state index contributed by atoms with van der Waals surface area (Å²) in [6.45, 7) is -0.240. The highest BCUT2D eigenvalue weighted by atomic mass is 32.1. The van der Waals surface area contributed by atoms with Gasteiger partial charge >= 0.3 is 5.97 Å². The Kier molecular flexibility index (Phi) is 3.15. The van der Waals surface area contributed by atoms with Crippen molar-refractivity contribution < 1.29 is 19.2 Å². The van der Waals surface area contributed by atoms with E-state index in [0.29, 0.717) is 5.06 Å². The molecule has 106 valence electrons. The zero-order chi connectivity index (χ0) is 15.0. The predicted molar refractivity (Wildman–Crippen MR) is 71.2 cm³/mol. The molecule has 2 aromatic rings. The minimum atomic E-state index is -0.790. The molecule has 0 radical (unpaired) electrons. The molecular formula is C13H9N3O4S. The zero-order valence-electron chi connectivity index (χ0n) is 10.6. The van der Waals surface area contributed by atoms with E-state index >= 15 is 0 Å². The van der Waals surface area contributed by atoms with E-state index < -0.39 is 17.8 Å². The molecule has 1 aliphatic rings. The van der Waals surface area contributed by atoms with Crippen LogP contribution < -0.4 is 4.80 Å². The molecule has 0 saturated carbocycles. The molecule has 7 nitrogen and oxygen atoms in total. The molecule has 1 aromatic carbocycles. The van der Waals surface area contributed by atoms with Crippen molar-refractivity contribution in [3.63, 3.8) is 0 Å². The summed E-state index contributed by atoms with van der Waals surface area (Å²) in [6.07, 6.45) is 1.55. The number of hydrogen-bond donors (Lipinski definition) is 1. The van der Waals surface area contributed by atoms with E-state index in [4.69, 9.17) is 10.2 Å². The van der Waals surface area contributed by atoms with Crippen molar-refractivity contribution in [2.24, 2.45) is 0 Å². The van der Waals surface area contributed by atoms with Crippen LogP contribution in [0.4, 0.5) is 0 Å². The fourth-order valence-corrected chi connectivity index (χ4v) is 2.55. The maximum absolute atomic E-state index is 12.0. The van der Waals surface area contributed by atoms with E-state index in [1.165, 1.54) is 16.7 Å². The van der Waals surface area contributed by atoms with Crippen LogP contribution in [0.3, 0.4) is 0 Å². The van der Waals surface area contributed by atoms with Crippen molar-refractivity contribution in [2.45, 2.75) is 6.54 Å². The first-order chi connectivity index (χ1) is 10.1. The number of thiazole rings is 1. The lowest BCUT2D eigenvalue weighted by atomic mass is 10.1. The van der Waals surface area contributed by atoms with Crippen LogP contribution in [0.5, 0.6) is 0 Å². The summed E-state index contributed by atoms with van der Waals surface area (Å²) in [5.74, 6) is -2.11. The lowest BCUT2D eigenvalue weighted by Gasteiger charge is -2.12. The lowest BCUT2D eigenvalue weighted by molar-refractivity contribution is -0.169. The van der Waals surface area contributed by atoms with E-state index in [-0.39, 0.29) is 22.5 Å². The summed E-state index contributed by atoms with van der Waals surface area (Å²) >= 11 is 1.15. The van der Waals surface area contributed by atoms with Gasteiger partial charge in [0.15, 0.2) is 4.80 Å². The Labute approximate surface area is 122 Å². The quantitative estimate of drug-likeness (QED) is 0.848. The zero-order valence-corrected chi connectivity index (χ0v) is 11.4. The Hall–Kier alpha value is -2.74. The van der Waals surface area contributed by atoms with Crippen LogP contribution in [0.1, 0.15) is 20.7 Å². The molecule has 0 bridgehead atoms. The number of rotatable bonds is 3. The molecule has 1 aromatic heterocycles. The Bertz CT molecular complexity index is 772. The first-order valence-electron chi connectivity index (χ1n) is 5.95. The number of fused-ring (bicyclic) bond motifs is 1. The summed E-state index contributed by atoms with van der Waals surface area (Å²) < 4.78 is 1.35. The lowest BCUT2D eigenvalue weighted by Crippen LogP contribution is -2.34. The maximum Gasteiger partial charge on any atom is 0.352 e. The van der Waals surface area contributed by atoms with Gasteiger partial charge in [0.05, 0.1) is 11.1 Å². The number of imide groups is 1. The second kappa shape index (κ2) is 4.98. The number of carbonyl (C=O) groups excluding carboxylic acids is 3. The number of nitrogens with zero attached hydrogens (tertiary/aromatic N) is 2. The van der Waals surface area contributed by atoms with Gasteiger partial charge in [-0.15, -0.1) is 11.3 Å². The fraction of sp³-hybridized carbons (Fsp3) is 0.0769. The second-order valence-electron chi connectivity index (χ2n) is 4.25. The Morgan fingerprint density at radius 2 is 1.81 bits per heavy atom. The van der Waals surface area contributed by atoms with Crippen molar-refractivity contribution in [3.05, 3.63) is 51.8 Å². The van der Waals surface area contributed by atoms with Gasteiger partial charge in [0, 0.05) is 11.6 Å². The van der Waals surface area contributed by atoms with Crippen molar-refractivity contribution in [2.75, 3.05) is 0 Å². The second-order valence-corrected chi connectivity index (χ2v) is 5.14. The Morgan fingerprint density at radius 1 is 1.19 bits per heavy atom. The summed E-state index contributed by atoms with van der Waals surface area (Å²) in [7, 11) is 0. The summed E-state index contributed by atoms with van der Waals surface area (Å²) in [4.78, 5) is 40.8. The number of hydroxylamine groups is 2. The molecule has 1 N–H and O–H groups in total. The van der Waals surface area contributed by atoms with E-state index in [1.54, 1.807) is 23.7 Å². The number of benzene rings is 1. The molecule has 21 heavy (non-hydrogen) atoms. The van der Waals surface area contributed by atoms with Crippen molar-refractivity contribution in [1.82, 2.24) is 9.63 Å². The third kappa shape index (κ3) is 2.25. The molecule has 0 saturated heterocycles. The highest BCUT2D eigenvalue weighted by molar-refractivity contribution is 7.06. The third-order valence-corrected chi connectivity index (χ3v) is 3.65. The van der Waals surface area contributed by atoms with Gasteiger partial charge in [-0.3, -0.25) is 15.0 Å². The molecule has 1 aliphatic heterocycles. The number of aromatic nitrogens is 1. The average molecular weight is 303 g/mol. The van der Waals surface area contributed by atoms with Gasteiger partial charge in [-0.1, -0.05) is 17.2 Å². The van der Waals surface area contributed by atoms with Crippen molar-refractivity contribution >= 4 is 29.1 Å². The minimum absolute atomic E-state index is 0.175. The van der Waals surface area contributed by atoms with E-state index in [0.717, 1.165) is 11.3 Å². The van der Waals surface area contributed by atoms with Gasteiger partial charge in [0.1, 0.15) is 6.54 Å². The van der Waals surface area contributed by atoms with Crippen LogP contribution in [0.25, 0.3) is 0 Å². The third-order valence-electron chi connectivity index (χ3n) is 2.93. The largest absolute Gasteiger partial charge is 0.352 e. The van der Waals surface area contributed by atoms with Gasteiger partial charge in [-0.2, -0.15) is 0 Å². The van der Waals surface area contributed by atoms with Crippen LogP contribution in [0, 0.1) is 5.41 Å². The van der Waals surface area contributed by atoms with Gasteiger partial charge < -0.3 is 9.40 Å². The van der Waals surface area contributed by atoms with Crippen LogP contribution in [0.2, 0.25) is 0 Å². The Balaban J connectivity index is 1.76. The average Bonchev–Trinajstić information content (AvgIpc) is 2.97. The number of hydrogen-bond acceptors (Lipinski definition) is 6. The van der Waals surface area contributed by atoms with Gasteiger partial charge in [0.25, 0.3) is 11.8 Å². The van der Waals surface area contributed by atoms with E-state index in [9.17, 15) is 14.4 Å². The fourth-order valence-electron chi connectivity index (χ4n) is 1.95. The molecule has 0 unspecified atom stereocenters. The van der Waals surface area contributed by atoms with Crippen LogP contribution in [-0.4, -0.2) is 27.4 Å². The van der Waals surface area contributed by atoms with Crippen LogP contribution in [0.15, 0.2) is 35.8 Å². The molecule has 0 aliphatic carbocycles. The molecule has 0 spiro atoms. The number of nitrogens with one attached hydrogen (secondary N) is 1. The number of amides is 2. The van der Waals surface area contributed by atoms with Gasteiger partial charge in [-0.05, 0) is 12.1 Å². The van der Waals surface area contributed by atoms with E-state index in [1.807, 2.05) is 0 Å². The topological polar surface area (TPSA) is 92.5 Å². The molecule has 0 atom stereocenters. The van der Waals surface area contributed by atoms with Crippen molar-refractivity contribution in [3.8, 4) is 0 Å². The first-order valence-corrected chi connectivity index (χ1v) is 6.83. The molecular weight excluding hydrogens is 294 g/mol. The predicted octanol–water partition coefficient (Wildman–Crippen LogP) is 0.783. The molecule has 8 heteroatoms. The molecule has 0 fully saturated rings. The molecule has 2 heterocycles. The SMILES string of the molecule is N=c1sccn1CC(=O)ON1C(=O)c2ccccc2C1=O. The van der Waals surface area contributed by atoms with Crippen molar-refractivity contribution in [1.29, 1.82) is 5.41 Å². The maximum atomic E-state index is 12.0. The normalized spacial score (nSPS) is 13.4. The Morgan fingerprint density at radius 3 is 2.33 bits per heavy atom. The first kappa shape index (κ1) is 13.3. The monoisotopic (exact) mass is 303 g/mol. The van der Waals surface area contributed by atoms with Crippen LogP contribution in [-0.2, 0) is 16.2 Å². The number of carbonyl (C=O) groups is 3. The van der Waals surface area contributed by atoms with Crippen LogP contribution >= 0.6 is 11.3 Å². The van der Waals surface area contributed by atoms with E-state index in [2.05, 4.69) is 0 Å².